The maximum absolute atomic E-state index is 12.2. The Labute approximate surface area is 146 Å². The molecule has 1 aliphatic carbocycles. The Bertz CT molecular complexity index is 585. The summed E-state index contributed by atoms with van der Waals surface area (Å²) >= 11 is 12.0. The summed E-state index contributed by atoms with van der Waals surface area (Å²) in [5.74, 6) is -0.675. The van der Waals surface area contributed by atoms with Gasteiger partial charge >= 0.3 is 5.97 Å². The Kier molecular flexibility index (Phi) is 6.31. The fourth-order valence-electron chi connectivity index (χ4n) is 2.75. The summed E-state index contributed by atoms with van der Waals surface area (Å²) in [5, 5.41) is 3.83. The van der Waals surface area contributed by atoms with Gasteiger partial charge in [-0.1, -0.05) is 42.1 Å². The van der Waals surface area contributed by atoms with E-state index >= 15 is 0 Å². The molecule has 6 heteroatoms. The zero-order valence-electron chi connectivity index (χ0n) is 13.3. The minimum absolute atomic E-state index is 0.0617. The topological polar surface area (TPSA) is 55.4 Å². The van der Waals surface area contributed by atoms with Crippen LogP contribution in [-0.2, 0) is 14.3 Å². The van der Waals surface area contributed by atoms with Crippen LogP contribution in [0.4, 0.5) is 0 Å². The van der Waals surface area contributed by atoms with E-state index in [9.17, 15) is 9.59 Å². The highest BCUT2D eigenvalue weighted by Gasteiger charge is 2.28. The van der Waals surface area contributed by atoms with E-state index in [1.807, 2.05) is 6.92 Å². The number of benzene rings is 1. The van der Waals surface area contributed by atoms with E-state index in [0.29, 0.717) is 10.0 Å². The van der Waals surface area contributed by atoms with Gasteiger partial charge in [-0.15, -0.1) is 0 Å². The second-order valence-electron chi connectivity index (χ2n) is 5.96. The average molecular weight is 358 g/mol. The molecule has 1 saturated carbocycles. The molecule has 2 atom stereocenters. The van der Waals surface area contributed by atoms with Crippen molar-refractivity contribution in [3.05, 3.63) is 33.8 Å². The van der Waals surface area contributed by atoms with Crippen molar-refractivity contribution >= 4 is 35.1 Å². The van der Waals surface area contributed by atoms with Gasteiger partial charge in [0.05, 0.1) is 12.0 Å². The monoisotopic (exact) mass is 357 g/mol. The van der Waals surface area contributed by atoms with Gasteiger partial charge in [0.15, 0.2) is 6.10 Å². The van der Waals surface area contributed by atoms with Crippen molar-refractivity contribution in [3.8, 4) is 0 Å². The third-order valence-corrected chi connectivity index (χ3v) is 4.70. The largest absolute Gasteiger partial charge is 0.452 e. The van der Waals surface area contributed by atoms with Gasteiger partial charge in [-0.3, -0.25) is 9.59 Å². The summed E-state index contributed by atoms with van der Waals surface area (Å²) in [4.78, 5) is 24.2. The molecular formula is C17H21Cl2NO3. The van der Waals surface area contributed by atoms with Gasteiger partial charge in [-0.25, -0.2) is 0 Å². The smallest absolute Gasteiger partial charge is 0.309 e. The first kappa shape index (κ1) is 18.1. The summed E-state index contributed by atoms with van der Waals surface area (Å²) in [6, 6.07) is 4.81. The molecule has 4 nitrogen and oxygen atoms in total. The van der Waals surface area contributed by atoms with Crippen LogP contribution in [0.5, 0.6) is 0 Å². The van der Waals surface area contributed by atoms with E-state index in [2.05, 4.69) is 5.32 Å². The molecule has 1 N–H and O–H groups in total. The van der Waals surface area contributed by atoms with E-state index in [0.717, 1.165) is 31.2 Å². The van der Waals surface area contributed by atoms with Gasteiger partial charge in [0.25, 0.3) is 5.91 Å². The minimum Gasteiger partial charge on any atom is -0.452 e. The molecule has 0 radical (unpaired) electrons. The van der Waals surface area contributed by atoms with Gasteiger partial charge in [0.2, 0.25) is 0 Å². The van der Waals surface area contributed by atoms with Crippen LogP contribution in [0.1, 0.15) is 51.1 Å². The number of hydrogen-bond donors (Lipinski definition) is 1. The van der Waals surface area contributed by atoms with Crippen LogP contribution in [0.2, 0.25) is 10.0 Å². The fraction of sp³-hybridized carbons (Fsp3) is 0.529. The van der Waals surface area contributed by atoms with Crippen LogP contribution >= 0.6 is 23.2 Å². The van der Waals surface area contributed by atoms with Crippen LogP contribution in [0.25, 0.3) is 0 Å². The van der Waals surface area contributed by atoms with Crippen LogP contribution < -0.4 is 5.32 Å². The number of hydrogen-bond acceptors (Lipinski definition) is 3. The lowest BCUT2D eigenvalue weighted by Crippen LogP contribution is -2.38. The van der Waals surface area contributed by atoms with Gasteiger partial charge in [-0.05, 0) is 44.4 Å². The van der Waals surface area contributed by atoms with Gasteiger partial charge in [0, 0.05) is 10.0 Å². The SMILES string of the molecule is C[C@H](OC(=O)C1CCCC1)C(=O)N[C@@H](C)c1ccc(Cl)cc1Cl. The molecule has 1 fully saturated rings. The molecule has 0 bridgehead atoms. The lowest BCUT2D eigenvalue weighted by molar-refractivity contribution is -0.158. The van der Waals surface area contributed by atoms with Crippen LogP contribution in [-0.4, -0.2) is 18.0 Å². The number of esters is 1. The molecule has 2 rings (SSSR count). The van der Waals surface area contributed by atoms with Gasteiger partial charge in [-0.2, -0.15) is 0 Å². The van der Waals surface area contributed by atoms with E-state index in [4.69, 9.17) is 27.9 Å². The second-order valence-corrected chi connectivity index (χ2v) is 6.80. The zero-order chi connectivity index (χ0) is 17.0. The number of ether oxygens (including phenoxy) is 1. The normalized spacial score (nSPS) is 17.6. The quantitative estimate of drug-likeness (QED) is 0.799. The first-order valence-electron chi connectivity index (χ1n) is 7.84. The first-order valence-corrected chi connectivity index (χ1v) is 8.60. The van der Waals surface area contributed by atoms with Crippen molar-refractivity contribution in [2.75, 3.05) is 0 Å². The van der Waals surface area contributed by atoms with Crippen LogP contribution in [0.3, 0.4) is 0 Å². The van der Waals surface area contributed by atoms with Crippen molar-refractivity contribution in [2.45, 2.75) is 51.7 Å². The summed E-state index contributed by atoms with van der Waals surface area (Å²) in [6.45, 7) is 3.40. The number of carbonyl (C=O) groups is 2. The maximum Gasteiger partial charge on any atom is 0.309 e. The number of carbonyl (C=O) groups excluding carboxylic acids is 2. The summed E-state index contributed by atoms with van der Waals surface area (Å²) in [6.07, 6.45) is 2.98. The van der Waals surface area contributed by atoms with E-state index in [-0.39, 0.29) is 23.8 Å². The predicted octanol–water partition coefficient (Wildman–Crippen LogP) is 4.29. The molecule has 1 amide bonds. The maximum atomic E-state index is 12.2. The number of nitrogens with one attached hydrogen (secondary N) is 1. The highest BCUT2D eigenvalue weighted by atomic mass is 35.5. The van der Waals surface area contributed by atoms with Crippen molar-refractivity contribution in [3.63, 3.8) is 0 Å². The second kappa shape index (κ2) is 8.02. The summed E-state index contributed by atoms with van der Waals surface area (Å²) in [5.41, 5.74) is 0.763. The molecule has 23 heavy (non-hydrogen) atoms. The highest BCUT2D eigenvalue weighted by Crippen LogP contribution is 2.27. The standard InChI is InChI=1S/C17H21Cl2NO3/c1-10(14-8-7-13(18)9-15(14)19)20-16(21)11(2)23-17(22)12-5-3-4-6-12/h7-12H,3-6H2,1-2H3,(H,20,21)/t10-,11-/m0/s1. The first-order chi connectivity index (χ1) is 10.9. The van der Waals surface area contributed by atoms with Crippen molar-refractivity contribution in [2.24, 2.45) is 5.92 Å². The predicted molar refractivity (Wildman–Crippen MR) is 90.5 cm³/mol. The molecular weight excluding hydrogens is 337 g/mol. The molecule has 126 valence electrons. The highest BCUT2D eigenvalue weighted by molar-refractivity contribution is 6.35. The Hall–Kier alpha value is -1.26. The molecule has 0 aromatic heterocycles. The Morgan fingerprint density at radius 3 is 2.48 bits per heavy atom. The molecule has 0 heterocycles. The molecule has 1 aromatic carbocycles. The Morgan fingerprint density at radius 1 is 1.22 bits per heavy atom. The lowest BCUT2D eigenvalue weighted by Gasteiger charge is -2.20. The number of amides is 1. The van der Waals surface area contributed by atoms with Crippen molar-refractivity contribution < 1.29 is 14.3 Å². The lowest BCUT2D eigenvalue weighted by atomic mass is 10.1. The molecule has 1 aromatic rings. The molecule has 0 spiro atoms. The fourth-order valence-corrected chi connectivity index (χ4v) is 3.32. The van der Waals surface area contributed by atoms with Gasteiger partial charge in [0.1, 0.15) is 0 Å². The van der Waals surface area contributed by atoms with Crippen molar-refractivity contribution in [1.29, 1.82) is 0 Å². The van der Waals surface area contributed by atoms with Crippen LogP contribution in [0, 0.1) is 5.92 Å². The third-order valence-electron chi connectivity index (χ3n) is 4.14. The molecule has 1 aliphatic rings. The van der Waals surface area contributed by atoms with E-state index in [1.165, 1.54) is 0 Å². The molecule has 0 aliphatic heterocycles. The number of rotatable bonds is 5. The zero-order valence-corrected chi connectivity index (χ0v) is 14.8. The van der Waals surface area contributed by atoms with Crippen molar-refractivity contribution in [1.82, 2.24) is 5.32 Å². The summed E-state index contributed by atoms with van der Waals surface area (Å²) < 4.78 is 5.28. The Balaban J connectivity index is 1.90. The molecule has 0 unspecified atom stereocenters. The summed E-state index contributed by atoms with van der Waals surface area (Å²) in [7, 11) is 0. The number of halogens is 2. The van der Waals surface area contributed by atoms with E-state index in [1.54, 1.807) is 25.1 Å². The van der Waals surface area contributed by atoms with Crippen LogP contribution in [0.15, 0.2) is 18.2 Å². The molecule has 0 saturated heterocycles. The van der Waals surface area contributed by atoms with Gasteiger partial charge < -0.3 is 10.1 Å². The van der Waals surface area contributed by atoms with E-state index < -0.39 is 6.10 Å². The third kappa shape index (κ3) is 4.85. The minimum atomic E-state index is -0.823. The average Bonchev–Trinajstić information content (AvgIpc) is 3.01. The Morgan fingerprint density at radius 2 is 1.87 bits per heavy atom.